The maximum atomic E-state index is 12.5. The van der Waals surface area contributed by atoms with Crippen LogP contribution in [0.2, 0.25) is 0 Å². The molecule has 2 atom stereocenters. The molecule has 1 N–H and O–H groups in total. The Balaban J connectivity index is 2.18. The molecular formula is C18H27NO3. The molecule has 4 nitrogen and oxygen atoms in total. The van der Waals surface area contributed by atoms with Crippen molar-refractivity contribution in [2.75, 3.05) is 13.2 Å². The predicted molar refractivity (Wildman–Crippen MR) is 86.5 cm³/mol. The average molecular weight is 305 g/mol. The molecule has 1 aliphatic rings. The Hall–Kier alpha value is -1.55. The normalized spacial score (nSPS) is 22.5. The molecule has 122 valence electrons. The predicted octanol–water partition coefficient (Wildman–Crippen LogP) is 3.76. The van der Waals surface area contributed by atoms with Gasteiger partial charge in [0.05, 0.1) is 6.04 Å². The van der Waals surface area contributed by atoms with Gasteiger partial charge in [-0.3, -0.25) is 0 Å². The van der Waals surface area contributed by atoms with Crippen LogP contribution in [0.4, 0.5) is 4.79 Å². The lowest BCUT2D eigenvalue weighted by Gasteiger charge is -2.40. The zero-order valence-corrected chi connectivity index (χ0v) is 13.8. The van der Waals surface area contributed by atoms with Gasteiger partial charge in [0.15, 0.2) is 0 Å². The van der Waals surface area contributed by atoms with Crippen LogP contribution in [0.5, 0.6) is 0 Å². The Morgan fingerprint density at radius 2 is 2.00 bits per heavy atom. The molecule has 1 fully saturated rings. The van der Waals surface area contributed by atoms with Crippen LogP contribution in [0, 0.1) is 5.92 Å². The van der Waals surface area contributed by atoms with Gasteiger partial charge in [-0.2, -0.15) is 0 Å². The van der Waals surface area contributed by atoms with Crippen molar-refractivity contribution in [3.8, 4) is 0 Å². The van der Waals surface area contributed by atoms with E-state index in [0.717, 1.165) is 24.8 Å². The molecule has 1 amide bonds. The Labute approximate surface area is 133 Å². The first-order valence-electron chi connectivity index (χ1n) is 8.06. The number of hydrogen-bond acceptors (Lipinski definition) is 3. The Kier molecular flexibility index (Phi) is 5.46. The number of carbonyl (C=O) groups excluding carboxylic acids is 1. The summed E-state index contributed by atoms with van der Waals surface area (Å²) in [6.07, 6.45) is 2.35. The molecule has 1 aliphatic heterocycles. The highest BCUT2D eigenvalue weighted by molar-refractivity contribution is 5.69. The van der Waals surface area contributed by atoms with E-state index in [9.17, 15) is 9.90 Å². The smallest absolute Gasteiger partial charge is 0.410 e. The number of hydrogen-bond donors (Lipinski definition) is 1. The standard InChI is InChI=1S/C18H27NO3/c1-18(2,3)22-17(21)19-11-9-14(10-12-20)13-16(19)15-7-5-4-6-8-15/h4-8,14,16,20H,9-13H2,1-3H3. The van der Waals surface area contributed by atoms with E-state index in [1.807, 2.05) is 43.9 Å². The number of aliphatic hydroxyl groups excluding tert-OH is 1. The fourth-order valence-corrected chi connectivity index (χ4v) is 3.01. The van der Waals surface area contributed by atoms with Crippen molar-refractivity contribution < 1.29 is 14.6 Å². The highest BCUT2D eigenvalue weighted by Gasteiger charge is 2.34. The van der Waals surface area contributed by atoms with Gasteiger partial charge in [-0.1, -0.05) is 30.3 Å². The fourth-order valence-electron chi connectivity index (χ4n) is 3.01. The van der Waals surface area contributed by atoms with Crippen molar-refractivity contribution in [3.63, 3.8) is 0 Å². The number of piperidine rings is 1. The number of nitrogens with zero attached hydrogens (tertiary/aromatic N) is 1. The first-order valence-corrected chi connectivity index (χ1v) is 8.06. The third-order valence-corrected chi connectivity index (χ3v) is 4.06. The van der Waals surface area contributed by atoms with Gasteiger partial charge in [-0.05, 0) is 51.5 Å². The Morgan fingerprint density at radius 3 is 2.59 bits per heavy atom. The van der Waals surface area contributed by atoms with Crippen LogP contribution in [0.3, 0.4) is 0 Å². The minimum atomic E-state index is -0.486. The number of carbonyl (C=O) groups is 1. The fraction of sp³-hybridized carbons (Fsp3) is 0.611. The quantitative estimate of drug-likeness (QED) is 0.925. The second kappa shape index (κ2) is 7.14. The molecule has 4 heteroatoms. The zero-order valence-electron chi connectivity index (χ0n) is 13.8. The largest absolute Gasteiger partial charge is 0.444 e. The van der Waals surface area contributed by atoms with Crippen LogP contribution < -0.4 is 0 Å². The van der Waals surface area contributed by atoms with Gasteiger partial charge >= 0.3 is 6.09 Å². The lowest BCUT2D eigenvalue weighted by atomic mass is 9.85. The van der Waals surface area contributed by atoms with Crippen LogP contribution in [0.25, 0.3) is 0 Å². The number of likely N-dealkylation sites (tertiary alicyclic amines) is 1. The summed E-state index contributed by atoms with van der Waals surface area (Å²) in [5.41, 5.74) is 0.649. The molecule has 1 aromatic carbocycles. The van der Waals surface area contributed by atoms with Gasteiger partial charge in [0.25, 0.3) is 0 Å². The molecule has 22 heavy (non-hydrogen) atoms. The summed E-state index contributed by atoms with van der Waals surface area (Å²) in [6.45, 7) is 6.56. The van der Waals surface area contributed by atoms with Crippen molar-refractivity contribution >= 4 is 6.09 Å². The number of rotatable bonds is 3. The molecule has 0 aromatic heterocycles. The summed E-state index contributed by atoms with van der Waals surface area (Å²) in [7, 11) is 0. The van der Waals surface area contributed by atoms with Crippen molar-refractivity contribution in [1.29, 1.82) is 0 Å². The second-order valence-electron chi connectivity index (χ2n) is 7.00. The van der Waals surface area contributed by atoms with Crippen molar-refractivity contribution in [1.82, 2.24) is 4.90 Å². The Morgan fingerprint density at radius 1 is 1.32 bits per heavy atom. The number of benzene rings is 1. The molecule has 1 heterocycles. The number of ether oxygens (including phenoxy) is 1. The molecule has 0 aliphatic carbocycles. The van der Waals surface area contributed by atoms with E-state index >= 15 is 0 Å². The topological polar surface area (TPSA) is 49.8 Å². The minimum absolute atomic E-state index is 0.0290. The SMILES string of the molecule is CC(C)(C)OC(=O)N1CCC(CCO)CC1c1ccccc1. The minimum Gasteiger partial charge on any atom is -0.444 e. The van der Waals surface area contributed by atoms with Crippen LogP contribution in [-0.2, 0) is 4.74 Å². The molecule has 0 radical (unpaired) electrons. The van der Waals surface area contributed by atoms with Gasteiger partial charge in [0.1, 0.15) is 5.60 Å². The zero-order chi connectivity index (χ0) is 16.2. The third-order valence-electron chi connectivity index (χ3n) is 4.06. The van der Waals surface area contributed by atoms with Crippen LogP contribution >= 0.6 is 0 Å². The van der Waals surface area contributed by atoms with E-state index in [4.69, 9.17) is 4.74 Å². The summed E-state index contributed by atoms with van der Waals surface area (Å²) in [6, 6.07) is 10.1. The van der Waals surface area contributed by atoms with Crippen molar-refractivity contribution in [3.05, 3.63) is 35.9 Å². The summed E-state index contributed by atoms with van der Waals surface area (Å²) in [5, 5.41) is 9.20. The lowest BCUT2D eigenvalue weighted by Crippen LogP contribution is -2.43. The van der Waals surface area contributed by atoms with Gasteiger partial charge in [-0.15, -0.1) is 0 Å². The summed E-state index contributed by atoms with van der Waals surface area (Å²) in [5.74, 6) is 0.453. The van der Waals surface area contributed by atoms with Crippen molar-refractivity contribution in [2.24, 2.45) is 5.92 Å². The van der Waals surface area contributed by atoms with E-state index in [-0.39, 0.29) is 18.7 Å². The highest BCUT2D eigenvalue weighted by atomic mass is 16.6. The molecule has 1 aromatic rings. The van der Waals surface area contributed by atoms with Crippen molar-refractivity contribution in [2.45, 2.75) is 51.7 Å². The van der Waals surface area contributed by atoms with Crippen LogP contribution in [0.1, 0.15) is 51.6 Å². The molecule has 2 unspecified atom stereocenters. The van der Waals surface area contributed by atoms with Crippen LogP contribution in [0.15, 0.2) is 30.3 Å². The monoisotopic (exact) mass is 305 g/mol. The van der Waals surface area contributed by atoms with Crippen LogP contribution in [-0.4, -0.2) is 34.9 Å². The van der Waals surface area contributed by atoms with E-state index < -0.39 is 5.60 Å². The summed E-state index contributed by atoms with van der Waals surface area (Å²) >= 11 is 0. The third kappa shape index (κ3) is 4.47. The molecule has 0 bridgehead atoms. The number of aliphatic hydroxyl groups is 1. The van der Waals surface area contributed by atoms with Gasteiger partial charge < -0.3 is 14.7 Å². The van der Waals surface area contributed by atoms with Gasteiger partial charge in [0.2, 0.25) is 0 Å². The average Bonchev–Trinajstić information content (AvgIpc) is 2.46. The summed E-state index contributed by atoms with van der Waals surface area (Å²) in [4.78, 5) is 14.4. The van der Waals surface area contributed by atoms with Gasteiger partial charge in [0, 0.05) is 13.2 Å². The maximum Gasteiger partial charge on any atom is 0.410 e. The first-order chi connectivity index (χ1) is 10.4. The molecule has 0 saturated carbocycles. The molecular weight excluding hydrogens is 278 g/mol. The Bertz CT molecular complexity index is 481. The highest BCUT2D eigenvalue weighted by Crippen LogP contribution is 2.36. The first kappa shape index (κ1) is 16.8. The van der Waals surface area contributed by atoms with E-state index in [1.54, 1.807) is 0 Å². The molecule has 1 saturated heterocycles. The number of amides is 1. The van der Waals surface area contributed by atoms with Gasteiger partial charge in [-0.25, -0.2) is 4.79 Å². The molecule has 2 rings (SSSR count). The summed E-state index contributed by atoms with van der Waals surface area (Å²) < 4.78 is 5.56. The van der Waals surface area contributed by atoms with E-state index in [1.165, 1.54) is 0 Å². The lowest BCUT2D eigenvalue weighted by molar-refractivity contribution is 0.00289. The molecule has 0 spiro atoms. The second-order valence-corrected chi connectivity index (χ2v) is 7.00. The maximum absolute atomic E-state index is 12.5. The van der Waals surface area contributed by atoms with E-state index in [2.05, 4.69) is 12.1 Å². The van der Waals surface area contributed by atoms with E-state index in [0.29, 0.717) is 12.5 Å².